The van der Waals surface area contributed by atoms with Crippen molar-refractivity contribution in [2.24, 2.45) is 5.92 Å². The van der Waals surface area contributed by atoms with Crippen LogP contribution in [0.3, 0.4) is 0 Å². The van der Waals surface area contributed by atoms with E-state index < -0.39 is 32.5 Å². The molecule has 0 aromatic heterocycles. The highest BCUT2D eigenvalue weighted by Crippen LogP contribution is 2.26. The zero-order chi connectivity index (χ0) is 28.0. The van der Waals surface area contributed by atoms with E-state index in [4.69, 9.17) is 4.74 Å². The molecule has 0 saturated carbocycles. The van der Waals surface area contributed by atoms with Crippen LogP contribution in [0.15, 0.2) is 88.7 Å². The standard InChI is InChI=1S/C28H33N3O6S2/c1-22-16-18-30(19-17-22)38(33,34)26-12-14-27(15-13-26)39(35,36)31(20-23-8-10-25(37-2)11-9-23)21-28(32)29-24-6-4-3-5-7-24/h3-15,22H,16-21H2,1-2H3,(H,29,32). The van der Waals surface area contributed by atoms with E-state index in [9.17, 15) is 21.6 Å². The molecule has 1 N–H and O–H groups in total. The van der Waals surface area contributed by atoms with Crippen LogP contribution in [0.4, 0.5) is 5.69 Å². The molecule has 0 bridgehead atoms. The van der Waals surface area contributed by atoms with E-state index in [1.54, 1.807) is 48.5 Å². The van der Waals surface area contributed by atoms with Crippen molar-refractivity contribution in [2.75, 3.05) is 32.1 Å². The number of methoxy groups -OCH3 is 1. The summed E-state index contributed by atoms with van der Waals surface area (Å²) in [5.41, 5.74) is 1.20. The number of nitrogens with zero attached hydrogens (tertiary/aromatic N) is 2. The minimum absolute atomic E-state index is 0.0412. The van der Waals surface area contributed by atoms with E-state index in [0.29, 0.717) is 36.0 Å². The molecule has 1 aliphatic rings. The Hall–Kier alpha value is -3.25. The lowest BCUT2D eigenvalue weighted by Gasteiger charge is -2.29. The van der Waals surface area contributed by atoms with E-state index in [1.807, 2.05) is 6.07 Å². The third-order valence-electron chi connectivity index (χ3n) is 6.74. The molecule has 39 heavy (non-hydrogen) atoms. The molecule has 0 unspecified atom stereocenters. The Kier molecular flexibility index (Phi) is 9.06. The normalized spacial score (nSPS) is 15.3. The fourth-order valence-electron chi connectivity index (χ4n) is 4.35. The van der Waals surface area contributed by atoms with Gasteiger partial charge in [0, 0.05) is 25.3 Å². The first kappa shape index (κ1) is 28.8. The molecule has 1 aliphatic heterocycles. The summed E-state index contributed by atoms with van der Waals surface area (Å²) in [6, 6.07) is 20.8. The highest BCUT2D eigenvalue weighted by molar-refractivity contribution is 7.89. The molecule has 1 heterocycles. The fraction of sp³-hybridized carbons (Fsp3) is 0.321. The van der Waals surface area contributed by atoms with Crippen LogP contribution < -0.4 is 10.1 Å². The van der Waals surface area contributed by atoms with Gasteiger partial charge in [-0.1, -0.05) is 37.3 Å². The highest BCUT2D eigenvalue weighted by Gasteiger charge is 2.30. The number of hydrogen-bond donors (Lipinski definition) is 1. The van der Waals surface area contributed by atoms with Crippen LogP contribution in [0.2, 0.25) is 0 Å². The van der Waals surface area contributed by atoms with Gasteiger partial charge in [0.25, 0.3) is 0 Å². The predicted octanol–water partition coefficient (Wildman–Crippen LogP) is 3.95. The van der Waals surface area contributed by atoms with Gasteiger partial charge in [-0.3, -0.25) is 4.79 Å². The number of anilines is 1. The molecule has 0 aliphatic carbocycles. The molecule has 9 nitrogen and oxygen atoms in total. The number of carbonyl (C=O) groups excluding carboxylic acids is 1. The monoisotopic (exact) mass is 571 g/mol. The molecular formula is C28H33N3O6S2. The van der Waals surface area contributed by atoms with Gasteiger partial charge in [0.15, 0.2) is 0 Å². The highest BCUT2D eigenvalue weighted by atomic mass is 32.2. The maximum atomic E-state index is 13.7. The molecule has 11 heteroatoms. The molecule has 0 atom stereocenters. The largest absolute Gasteiger partial charge is 0.497 e. The van der Waals surface area contributed by atoms with Crippen LogP contribution in [0.5, 0.6) is 5.75 Å². The number of ether oxygens (including phenoxy) is 1. The summed E-state index contributed by atoms with van der Waals surface area (Å²) in [7, 11) is -6.35. The molecule has 0 spiro atoms. The third-order valence-corrected chi connectivity index (χ3v) is 10.5. The van der Waals surface area contributed by atoms with Gasteiger partial charge in [0.1, 0.15) is 5.75 Å². The Morgan fingerprint density at radius 1 is 0.897 bits per heavy atom. The molecule has 3 aromatic rings. The minimum Gasteiger partial charge on any atom is -0.497 e. The summed E-state index contributed by atoms with van der Waals surface area (Å²) in [6.45, 7) is 2.47. The summed E-state index contributed by atoms with van der Waals surface area (Å²) in [5.74, 6) is 0.589. The fourth-order valence-corrected chi connectivity index (χ4v) is 7.20. The zero-order valence-corrected chi connectivity index (χ0v) is 23.6. The number of carbonyl (C=O) groups is 1. The lowest BCUT2D eigenvalue weighted by molar-refractivity contribution is -0.116. The average molecular weight is 572 g/mol. The number of nitrogens with one attached hydrogen (secondary N) is 1. The van der Waals surface area contributed by atoms with Gasteiger partial charge in [-0.05, 0) is 72.9 Å². The topological polar surface area (TPSA) is 113 Å². The van der Waals surface area contributed by atoms with Crippen LogP contribution in [-0.2, 0) is 31.4 Å². The molecule has 1 saturated heterocycles. The van der Waals surface area contributed by atoms with Crippen molar-refractivity contribution in [1.82, 2.24) is 8.61 Å². The van der Waals surface area contributed by atoms with E-state index in [2.05, 4.69) is 12.2 Å². The van der Waals surface area contributed by atoms with Crippen molar-refractivity contribution in [3.05, 3.63) is 84.4 Å². The van der Waals surface area contributed by atoms with Gasteiger partial charge in [0.2, 0.25) is 26.0 Å². The Labute approximate surface area is 230 Å². The summed E-state index contributed by atoms with van der Waals surface area (Å²) in [6.07, 6.45) is 1.58. The van der Waals surface area contributed by atoms with Gasteiger partial charge in [-0.2, -0.15) is 8.61 Å². The summed E-state index contributed by atoms with van der Waals surface area (Å²) >= 11 is 0. The number of amides is 1. The van der Waals surface area contributed by atoms with E-state index in [0.717, 1.165) is 17.1 Å². The van der Waals surface area contributed by atoms with Crippen LogP contribution >= 0.6 is 0 Å². The molecule has 208 valence electrons. The zero-order valence-electron chi connectivity index (χ0n) is 22.0. The van der Waals surface area contributed by atoms with Crippen LogP contribution in [-0.4, -0.2) is 58.1 Å². The summed E-state index contributed by atoms with van der Waals surface area (Å²) < 4.78 is 61.3. The van der Waals surface area contributed by atoms with Crippen LogP contribution in [0, 0.1) is 5.92 Å². The Bertz CT molecular complexity index is 1470. The molecule has 4 rings (SSSR count). The SMILES string of the molecule is COc1ccc(CN(CC(=O)Nc2ccccc2)S(=O)(=O)c2ccc(S(=O)(=O)N3CCC(C)CC3)cc2)cc1. The quantitative estimate of drug-likeness (QED) is 0.394. The second-order valence-electron chi connectivity index (χ2n) is 9.59. The van der Waals surface area contributed by atoms with E-state index >= 15 is 0 Å². The summed E-state index contributed by atoms with van der Waals surface area (Å²) in [5, 5.41) is 2.72. The van der Waals surface area contributed by atoms with Crippen molar-refractivity contribution >= 4 is 31.6 Å². The van der Waals surface area contributed by atoms with E-state index in [-0.39, 0.29) is 16.3 Å². The van der Waals surface area contributed by atoms with Crippen LogP contribution in [0.1, 0.15) is 25.3 Å². The van der Waals surface area contributed by atoms with Gasteiger partial charge in [-0.15, -0.1) is 0 Å². The lowest BCUT2D eigenvalue weighted by atomic mass is 10.0. The van der Waals surface area contributed by atoms with Crippen LogP contribution in [0.25, 0.3) is 0 Å². The second kappa shape index (κ2) is 12.3. The first-order valence-corrected chi connectivity index (χ1v) is 15.6. The Morgan fingerprint density at radius 2 is 1.49 bits per heavy atom. The van der Waals surface area contributed by atoms with Gasteiger partial charge in [0.05, 0.1) is 23.4 Å². The molecule has 1 fully saturated rings. The number of para-hydroxylation sites is 1. The first-order chi connectivity index (χ1) is 18.6. The van der Waals surface area contributed by atoms with Crippen molar-refractivity contribution in [3.8, 4) is 5.75 Å². The molecule has 3 aromatic carbocycles. The van der Waals surface area contributed by atoms with Gasteiger partial charge in [-0.25, -0.2) is 16.8 Å². The number of piperidine rings is 1. The predicted molar refractivity (Wildman–Crippen MR) is 149 cm³/mol. The smallest absolute Gasteiger partial charge is 0.243 e. The molecular weight excluding hydrogens is 538 g/mol. The van der Waals surface area contributed by atoms with Gasteiger partial charge >= 0.3 is 0 Å². The number of sulfonamides is 2. The lowest BCUT2D eigenvalue weighted by Crippen LogP contribution is -2.38. The second-order valence-corrected chi connectivity index (χ2v) is 13.5. The third kappa shape index (κ3) is 7.04. The van der Waals surface area contributed by atoms with Gasteiger partial charge < -0.3 is 10.1 Å². The van der Waals surface area contributed by atoms with Crippen molar-refractivity contribution in [1.29, 1.82) is 0 Å². The number of hydrogen-bond acceptors (Lipinski definition) is 6. The maximum absolute atomic E-state index is 13.7. The summed E-state index contributed by atoms with van der Waals surface area (Å²) in [4.78, 5) is 12.8. The Morgan fingerprint density at radius 3 is 2.08 bits per heavy atom. The van der Waals surface area contributed by atoms with Crippen molar-refractivity contribution in [3.63, 3.8) is 0 Å². The van der Waals surface area contributed by atoms with Crippen molar-refractivity contribution < 1.29 is 26.4 Å². The first-order valence-electron chi connectivity index (χ1n) is 12.7. The molecule has 1 amide bonds. The number of rotatable bonds is 10. The average Bonchev–Trinajstić information content (AvgIpc) is 2.94. The minimum atomic E-state index is -4.16. The molecule has 0 radical (unpaired) electrons. The number of benzene rings is 3. The van der Waals surface area contributed by atoms with E-state index in [1.165, 1.54) is 35.7 Å². The Balaban J connectivity index is 1.58. The maximum Gasteiger partial charge on any atom is 0.243 e. The van der Waals surface area contributed by atoms with Crippen molar-refractivity contribution in [2.45, 2.75) is 36.1 Å².